The minimum Gasteiger partial charge on any atom is -0.504 e. The second-order valence-electron chi connectivity index (χ2n) is 13.1. The molecule has 0 unspecified atom stereocenters. The molecule has 0 aliphatic rings. The van der Waals surface area contributed by atoms with E-state index in [4.69, 9.17) is 64.5 Å². The zero-order valence-corrected chi connectivity index (χ0v) is 38.9. The Kier molecular flexibility index (Phi) is 16.9. The topological polar surface area (TPSA) is 203 Å². The van der Waals surface area contributed by atoms with Crippen molar-refractivity contribution in [2.45, 2.75) is 12.7 Å². The fraction of sp³-hybridized carbons (Fsp3) is 0.136. The van der Waals surface area contributed by atoms with Gasteiger partial charge in [0.15, 0.2) is 28.7 Å². The molecule has 4 aromatic carbocycles. The molecule has 0 atom stereocenters. The van der Waals surface area contributed by atoms with Crippen LogP contribution in [0.1, 0.15) is 49.9 Å². The number of phenols is 1. The average molecular weight is 1120 g/mol. The molecule has 73 heavy (non-hydrogen) atoms. The molecule has 0 bridgehead atoms. The number of carbonyl (C=O) groups is 4. The number of amides is 2. The summed E-state index contributed by atoms with van der Waals surface area (Å²) in [6.45, 7) is 0. The van der Waals surface area contributed by atoms with Gasteiger partial charge in [0.25, 0.3) is 11.8 Å². The number of esters is 2. The van der Waals surface area contributed by atoms with Crippen LogP contribution < -0.4 is 34.3 Å². The molecule has 0 aliphatic carbocycles. The lowest BCUT2D eigenvalue weighted by atomic mass is 10.1. The van der Waals surface area contributed by atoms with Gasteiger partial charge in [-0.2, -0.15) is 8.78 Å². The maximum atomic E-state index is 14.9. The first-order valence-electron chi connectivity index (χ1n) is 21.8. The number of anilines is 2. The summed E-state index contributed by atoms with van der Waals surface area (Å²) in [5, 5.41) is 13.6. The van der Waals surface area contributed by atoms with Gasteiger partial charge < -0.3 is 48.9 Å². The Balaban J connectivity index is 0.000000283. The van der Waals surface area contributed by atoms with Crippen molar-refractivity contribution in [1.82, 2.24) is 9.97 Å². The van der Waals surface area contributed by atoms with Gasteiger partial charge in [0.05, 0.1) is 52.1 Å². The van der Waals surface area contributed by atoms with Gasteiger partial charge >= 0.3 is 24.7 Å². The fourth-order valence-corrected chi connectivity index (χ4v) is 6.41. The molecule has 3 N–H and O–H groups in total. The second-order valence-corrected chi connectivity index (χ2v) is 14.8. The van der Waals surface area contributed by atoms with E-state index in [9.17, 15) is 58.7 Å². The largest absolute Gasteiger partial charge is 0.573 e. The number of nitrogens with one attached hydrogen (secondary N) is 2. The standard InChI is InChI=1S/C22H14Cl2F4N2O6.C14H9Cl2FN2O3.C8H6F4O3/c1-33-19-15(4-3-14(18(19)25)36-22(26,27)28)35-16-8-10(23)7-12(24)17(16)20(31)30-11-5-6-29-13(9-11)21(32)34-2;1-22-14(21)11-6-8(2-3-18-11)19-13(20)12-9(16)4-7(15)5-10(12)17;1-14-7-4(13)2-3-5(6(7)9)15-8(10,11)12/h3-9H,1-2H3,(H,29,30,31);2-6H,1H3,(H,18,19,20);2-3,13H,1H3/i1D3;;1D3. The van der Waals surface area contributed by atoms with E-state index < -0.39 is 114 Å². The zero-order valence-electron chi connectivity index (χ0n) is 41.8. The lowest BCUT2D eigenvalue weighted by Gasteiger charge is -2.17. The number of rotatable bonds is 12. The van der Waals surface area contributed by atoms with Crippen molar-refractivity contribution in [3.63, 3.8) is 0 Å². The highest BCUT2D eigenvalue weighted by atomic mass is 35.5. The summed E-state index contributed by atoms with van der Waals surface area (Å²) in [5.41, 5.74) is -0.583. The maximum Gasteiger partial charge on any atom is 0.573 e. The van der Waals surface area contributed by atoms with Gasteiger partial charge in [-0.3, -0.25) is 9.59 Å². The van der Waals surface area contributed by atoms with Gasteiger partial charge in [-0.15, -0.1) is 26.3 Å². The van der Waals surface area contributed by atoms with E-state index >= 15 is 0 Å². The number of carbonyl (C=O) groups excluding carboxylic acids is 4. The third-order valence-electron chi connectivity index (χ3n) is 8.25. The van der Waals surface area contributed by atoms with Crippen LogP contribution in [0.3, 0.4) is 0 Å². The lowest BCUT2D eigenvalue weighted by molar-refractivity contribution is -0.276. The fourth-order valence-electron chi connectivity index (χ4n) is 5.29. The van der Waals surface area contributed by atoms with Crippen LogP contribution in [-0.4, -0.2) is 79.8 Å². The number of aromatic hydroxyl groups is 1. The summed E-state index contributed by atoms with van der Waals surface area (Å²) in [7, 11) is -4.13. The summed E-state index contributed by atoms with van der Waals surface area (Å²) < 4.78 is 188. The molecule has 2 amide bonds. The monoisotopic (exact) mass is 1120 g/mol. The molecule has 0 aliphatic heterocycles. The molecular formula is C44H29Cl4F9N4O12. The zero-order chi connectivity index (χ0) is 59.5. The minimum absolute atomic E-state index is 0.00275. The van der Waals surface area contributed by atoms with Crippen LogP contribution in [0.5, 0.6) is 40.2 Å². The Morgan fingerprint density at radius 2 is 1.03 bits per heavy atom. The molecular weight excluding hydrogens is 1090 g/mol. The van der Waals surface area contributed by atoms with Crippen LogP contribution in [0.4, 0.5) is 50.9 Å². The number of halogens is 13. The molecule has 29 heteroatoms. The number of ether oxygens (including phenoxy) is 7. The third-order valence-corrected chi connectivity index (χ3v) is 9.28. The number of alkyl halides is 6. The molecule has 388 valence electrons. The summed E-state index contributed by atoms with van der Waals surface area (Å²) in [6.07, 6.45) is -7.96. The van der Waals surface area contributed by atoms with Crippen molar-refractivity contribution in [3.05, 3.63) is 145 Å². The number of phenolic OH excluding ortho intramolecular Hbond substituents is 1. The second kappa shape index (κ2) is 25.2. The summed E-state index contributed by atoms with van der Waals surface area (Å²) in [5.74, 6) is -15.1. The number of aromatic nitrogens is 2. The first kappa shape index (κ1) is 49.0. The lowest BCUT2D eigenvalue weighted by Crippen LogP contribution is -2.18. The van der Waals surface area contributed by atoms with Crippen LogP contribution in [0.15, 0.2) is 85.2 Å². The Labute approximate surface area is 432 Å². The Morgan fingerprint density at radius 1 is 0.589 bits per heavy atom. The van der Waals surface area contributed by atoms with E-state index in [0.29, 0.717) is 24.3 Å². The van der Waals surface area contributed by atoms with Crippen LogP contribution in [0.2, 0.25) is 20.1 Å². The van der Waals surface area contributed by atoms with Crippen LogP contribution >= 0.6 is 46.4 Å². The molecule has 2 aromatic heterocycles. The normalized spacial score (nSPS) is 12.4. The van der Waals surface area contributed by atoms with Crippen molar-refractivity contribution in [2.75, 3.05) is 38.9 Å². The van der Waals surface area contributed by atoms with Gasteiger partial charge in [-0.25, -0.2) is 23.9 Å². The van der Waals surface area contributed by atoms with Crippen molar-refractivity contribution in [1.29, 1.82) is 0 Å². The predicted octanol–water partition coefficient (Wildman–Crippen LogP) is 12.3. The van der Waals surface area contributed by atoms with Crippen molar-refractivity contribution >= 4 is 81.5 Å². The molecule has 0 radical (unpaired) electrons. The van der Waals surface area contributed by atoms with Gasteiger partial charge in [0, 0.05) is 39.9 Å². The first-order valence-corrected chi connectivity index (χ1v) is 20.3. The van der Waals surface area contributed by atoms with Crippen LogP contribution in [-0.2, 0) is 9.47 Å². The minimum atomic E-state index is -5.31. The van der Waals surface area contributed by atoms with Crippen molar-refractivity contribution in [3.8, 4) is 40.2 Å². The van der Waals surface area contributed by atoms with Gasteiger partial charge in [-0.1, -0.05) is 46.4 Å². The third kappa shape index (κ3) is 16.2. The number of hydrogen-bond acceptors (Lipinski definition) is 14. The number of methoxy groups -OCH3 is 4. The highest BCUT2D eigenvalue weighted by Gasteiger charge is 2.35. The molecule has 0 saturated carbocycles. The molecule has 16 nitrogen and oxygen atoms in total. The van der Waals surface area contributed by atoms with Crippen LogP contribution in [0, 0.1) is 17.5 Å². The molecule has 6 rings (SSSR count). The molecule has 0 spiro atoms. The molecule has 0 saturated heterocycles. The molecule has 0 fully saturated rings. The van der Waals surface area contributed by atoms with E-state index in [1.54, 1.807) is 0 Å². The highest BCUT2D eigenvalue weighted by Crippen LogP contribution is 2.43. The quantitative estimate of drug-likeness (QED) is 0.0771. The maximum absolute atomic E-state index is 14.9. The summed E-state index contributed by atoms with van der Waals surface area (Å²) in [6, 6.07) is 12.0. The van der Waals surface area contributed by atoms with Gasteiger partial charge in [-0.05, 0) is 66.7 Å². The first-order chi connectivity index (χ1) is 36.5. The van der Waals surface area contributed by atoms with E-state index in [0.717, 1.165) is 25.3 Å². The molecule has 6 aromatic rings. The van der Waals surface area contributed by atoms with Crippen molar-refractivity contribution < 1.29 is 105 Å². The highest BCUT2D eigenvalue weighted by molar-refractivity contribution is 6.38. The van der Waals surface area contributed by atoms with Crippen LogP contribution in [0.25, 0.3) is 0 Å². The number of benzene rings is 4. The predicted molar refractivity (Wildman–Crippen MR) is 241 cm³/mol. The smallest absolute Gasteiger partial charge is 0.504 e. The number of nitrogens with zero attached hydrogens (tertiary/aromatic N) is 2. The molecule has 2 heterocycles. The van der Waals surface area contributed by atoms with Crippen molar-refractivity contribution in [2.24, 2.45) is 0 Å². The Hall–Kier alpha value is -7.61. The van der Waals surface area contributed by atoms with Gasteiger partial charge in [0.2, 0.25) is 17.4 Å². The van der Waals surface area contributed by atoms with E-state index in [2.05, 4.69) is 49.0 Å². The summed E-state index contributed by atoms with van der Waals surface area (Å²) >= 11 is 23.7. The Morgan fingerprint density at radius 3 is 1.51 bits per heavy atom. The number of pyridine rings is 2. The van der Waals surface area contributed by atoms with Gasteiger partial charge in [0.1, 0.15) is 28.5 Å². The van der Waals surface area contributed by atoms with E-state index in [1.165, 1.54) is 49.8 Å². The average Bonchev–Trinajstić information content (AvgIpc) is 3.31. The van der Waals surface area contributed by atoms with E-state index in [-0.39, 0.29) is 48.4 Å². The Bertz CT molecular complexity index is 3230. The number of hydrogen-bond donors (Lipinski definition) is 3. The SMILES string of the molecule is COC(=O)c1cc(NC(=O)c2c(F)cc(Cl)cc2Cl)ccn1.[2H]C([2H])([2H])Oc1c(O)ccc(OC(F)(F)F)c1F.[2H]C([2H])([2H])Oc1c(Oc2cc(Cl)cc(Cl)c2C(=O)Nc2ccnc(C(=O)OC)c2)ccc(OC(F)(F)F)c1F. The van der Waals surface area contributed by atoms with E-state index in [1.807, 2.05) is 0 Å². The summed E-state index contributed by atoms with van der Waals surface area (Å²) in [4.78, 5) is 55.9.